The van der Waals surface area contributed by atoms with Gasteiger partial charge >= 0.3 is 6.09 Å². The highest BCUT2D eigenvalue weighted by Gasteiger charge is 2.35. The number of aromatic nitrogens is 4. The number of hydrogen-bond acceptors (Lipinski definition) is 6. The lowest BCUT2D eigenvalue weighted by molar-refractivity contribution is -0.0339. The van der Waals surface area contributed by atoms with Gasteiger partial charge in [0, 0.05) is 13.1 Å². The topological polar surface area (TPSA) is 102 Å². The van der Waals surface area contributed by atoms with E-state index in [0.29, 0.717) is 30.5 Å². The molecule has 1 aliphatic heterocycles. The molecule has 3 heterocycles. The van der Waals surface area contributed by atoms with Crippen LogP contribution in [-0.2, 0) is 17.9 Å². The predicted molar refractivity (Wildman–Crippen MR) is 107 cm³/mol. The SMILES string of the molecule is O=C(OCc1ccccc1)N1CCC(O)(Cn2cnn3c(Br)cnc3c2=O)CC1. The first-order chi connectivity index (χ1) is 14.0. The van der Waals surface area contributed by atoms with Crippen molar-refractivity contribution in [3.63, 3.8) is 0 Å². The lowest BCUT2D eigenvalue weighted by Crippen LogP contribution is -2.49. The van der Waals surface area contributed by atoms with E-state index in [4.69, 9.17) is 4.74 Å². The van der Waals surface area contributed by atoms with Crippen molar-refractivity contribution in [3.8, 4) is 0 Å². The average Bonchev–Trinajstić information content (AvgIpc) is 3.11. The van der Waals surface area contributed by atoms with E-state index in [0.717, 1.165) is 5.56 Å². The highest BCUT2D eigenvalue weighted by molar-refractivity contribution is 9.10. The summed E-state index contributed by atoms with van der Waals surface area (Å²) in [6, 6.07) is 9.47. The van der Waals surface area contributed by atoms with E-state index in [9.17, 15) is 14.7 Å². The normalized spacial score (nSPS) is 16.1. The fraction of sp³-hybridized carbons (Fsp3) is 0.368. The lowest BCUT2D eigenvalue weighted by Gasteiger charge is -2.37. The Morgan fingerprint density at radius 1 is 1.24 bits per heavy atom. The number of halogens is 1. The summed E-state index contributed by atoms with van der Waals surface area (Å²) in [5.74, 6) is 0. The number of carbonyl (C=O) groups is 1. The summed E-state index contributed by atoms with van der Waals surface area (Å²) >= 11 is 3.27. The molecule has 9 nitrogen and oxygen atoms in total. The Morgan fingerprint density at radius 2 is 1.97 bits per heavy atom. The summed E-state index contributed by atoms with van der Waals surface area (Å²) < 4.78 is 8.69. The van der Waals surface area contributed by atoms with Gasteiger partial charge in [-0.05, 0) is 34.3 Å². The van der Waals surface area contributed by atoms with E-state index < -0.39 is 11.7 Å². The molecule has 0 saturated carbocycles. The summed E-state index contributed by atoms with van der Waals surface area (Å²) in [7, 11) is 0. The minimum absolute atomic E-state index is 0.0900. The summed E-state index contributed by atoms with van der Waals surface area (Å²) in [6.07, 6.45) is 3.16. The number of ether oxygens (including phenoxy) is 1. The molecule has 1 aromatic carbocycles. The van der Waals surface area contributed by atoms with Crippen LogP contribution in [-0.4, -0.2) is 54.0 Å². The Bertz CT molecular complexity index is 1070. The molecule has 2 aromatic heterocycles. The van der Waals surface area contributed by atoms with E-state index in [1.165, 1.54) is 21.6 Å². The maximum absolute atomic E-state index is 12.6. The van der Waals surface area contributed by atoms with Crippen LogP contribution < -0.4 is 5.56 Å². The molecule has 4 rings (SSSR count). The highest BCUT2D eigenvalue weighted by atomic mass is 79.9. The number of aliphatic hydroxyl groups is 1. The Kier molecular flexibility index (Phi) is 5.37. The van der Waals surface area contributed by atoms with E-state index in [-0.39, 0.29) is 24.4 Å². The maximum Gasteiger partial charge on any atom is 0.410 e. The first-order valence-electron chi connectivity index (χ1n) is 9.22. The van der Waals surface area contributed by atoms with Gasteiger partial charge in [-0.1, -0.05) is 30.3 Å². The molecule has 29 heavy (non-hydrogen) atoms. The Morgan fingerprint density at radius 3 is 2.69 bits per heavy atom. The predicted octanol–water partition coefficient (Wildman–Crippen LogP) is 1.82. The van der Waals surface area contributed by atoms with Crippen LogP contribution in [0, 0.1) is 0 Å². The molecule has 1 N–H and O–H groups in total. The van der Waals surface area contributed by atoms with Crippen LogP contribution in [0.15, 0.2) is 52.3 Å². The van der Waals surface area contributed by atoms with Gasteiger partial charge in [-0.3, -0.25) is 9.36 Å². The zero-order valence-corrected chi connectivity index (χ0v) is 17.2. The van der Waals surface area contributed by atoms with Crippen molar-refractivity contribution in [2.45, 2.75) is 31.6 Å². The first kappa shape index (κ1) is 19.6. The Hall–Kier alpha value is -2.72. The third-order valence-electron chi connectivity index (χ3n) is 5.08. The molecule has 0 atom stereocenters. The smallest absolute Gasteiger partial charge is 0.410 e. The highest BCUT2D eigenvalue weighted by Crippen LogP contribution is 2.24. The second kappa shape index (κ2) is 7.96. The van der Waals surface area contributed by atoms with Crippen LogP contribution in [0.2, 0.25) is 0 Å². The van der Waals surface area contributed by atoms with Crippen molar-refractivity contribution in [2.75, 3.05) is 13.1 Å². The molecule has 0 bridgehead atoms. The van der Waals surface area contributed by atoms with Crippen LogP contribution in [0.4, 0.5) is 4.79 Å². The molecule has 3 aromatic rings. The minimum Gasteiger partial charge on any atom is -0.445 e. The number of fused-ring (bicyclic) bond motifs is 1. The number of hydrogen-bond donors (Lipinski definition) is 1. The van der Waals surface area contributed by atoms with Gasteiger partial charge in [-0.25, -0.2) is 14.3 Å². The van der Waals surface area contributed by atoms with E-state index in [2.05, 4.69) is 26.0 Å². The van der Waals surface area contributed by atoms with Gasteiger partial charge in [0.15, 0.2) is 0 Å². The molecule has 1 fully saturated rings. The van der Waals surface area contributed by atoms with Crippen molar-refractivity contribution >= 4 is 27.7 Å². The molecule has 0 spiro atoms. The summed E-state index contributed by atoms with van der Waals surface area (Å²) in [5.41, 5.74) is -0.333. The third-order valence-corrected chi connectivity index (χ3v) is 5.62. The monoisotopic (exact) mass is 461 g/mol. The number of nitrogens with zero attached hydrogens (tertiary/aromatic N) is 5. The first-order valence-corrected chi connectivity index (χ1v) is 10.0. The largest absolute Gasteiger partial charge is 0.445 e. The van der Waals surface area contributed by atoms with E-state index in [1.54, 1.807) is 4.90 Å². The van der Waals surface area contributed by atoms with Crippen LogP contribution in [0.3, 0.4) is 0 Å². The van der Waals surface area contributed by atoms with Crippen molar-refractivity contribution in [1.29, 1.82) is 0 Å². The number of likely N-dealkylation sites (tertiary alicyclic amines) is 1. The van der Waals surface area contributed by atoms with Crippen LogP contribution >= 0.6 is 15.9 Å². The van der Waals surface area contributed by atoms with Gasteiger partial charge in [0.25, 0.3) is 5.56 Å². The van der Waals surface area contributed by atoms with Gasteiger partial charge in [-0.15, -0.1) is 0 Å². The van der Waals surface area contributed by atoms with Crippen molar-refractivity contribution in [3.05, 3.63) is 63.4 Å². The Balaban J connectivity index is 1.36. The second-order valence-corrected chi connectivity index (χ2v) is 7.94. The number of benzene rings is 1. The second-order valence-electron chi connectivity index (χ2n) is 7.13. The van der Waals surface area contributed by atoms with Gasteiger partial charge in [0.2, 0.25) is 5.65 Å². The molecule has 10 heteroatoms. The zero-order valence-electron chi connectivity index (χ0n) is 15.6. The van der Waals surface area contributed by atoms with Gasteiger partial charge < -0.3 is 14.7 Å². The van der Waals surface area contributed by atoms with Crippen LogP contribution in [0.5, 0.6) is 0 Å². The fourth-order valence-electron chi connectivity index (χ4n) is 3.38. The van der Waals surface area contributed by atoms with Gasteiger partial charge in [-0.2, -0.15) is 5.10 Å². The number of amides is 1. The third kappa shape index (κ3) is 4.18. The van der Waals surface area contributed by atoms with Gasteiger partial charge in [0.1, 0.15) is 17.5 Å². The van der Waals surface area contributed by atoms with E-state index >= 15 is 0 Å². The van der Waals surface area contributed by atoms with Crippen LogP contribution in [0.1, 0.15) is 18.4 Å². The average molecular weight is 462 g/mol. The van der Waals surface area contributed by atoms with Crippen LogP contribution in [0.25, 0.3) is 5.65 Å². The zero-order chi connectivity index (χ0) is 20.4. The summed E-state index contributed by atoms with van der Waals surface area (Å²) in [6.45, 7) is 1.00. The quantitative estimate of drug-likeness (QED) is 0.635. The number of piperidine rings is 1. The standard InChI is InChI=1S/C19H20BrN5O4/c20-15-10-21-16-17(26)24(13-22-25(15)16)12-19(28)6-8-23(9-7-19)18(27)29-11-14-4-2-1-3-5-14/h1-5,10,13,28H,6-9,11-12H2. The molecule has 0 unspecified atom stereocenters. The van der Waals surface area contributed by atoms with E-state index in [1.807, 2.05) is 30.3 Å². The molecule has 1 amide bonds. The molecular weight excluding hydrogens is 442 g/mol. The molecule has 1 saturated heterocycles. The molecule has 1 aliphatic rings. The molecule has 0 aliphatic carbocycles. The fourth-order valence-corrected chi connectivity index (χ4v) is 3.74. The molecular formula is C19H20BrN5O4. The number of imidazole rings is 1. The number of carbonyl (C=O) groups excluding carboxylic acids is 1. The maximum atomic E-state index is 12.6. The number of rotatable bonds is 4. The lowest BCUT2D eigenvalue weighted by atomic mass is 9.91. The molecule has 0 radical (unpaired) electrons. The molecule has 152 valence electrons. The van der Waals surface area contributed by atoms with Crippen molar-refractivity contribution in [2.24, 2.45) is 0 Å². The summed E-state index contributed by atoms with van der Waals surface area (Å²) in [4.78, 5) is 30.5. The van der Waals surface area contributed by atoms with Crippen molar-refractivity contribution < 1.29 is 14.6 Å². The summed E-state index contributed by atoms with van der Waals surface area (Å²) in [5, 5.41) is 15.1. The minimum atomic E-state index is -1.11. The Labute approximate surface area is 174 Å². The van der Waals surface area contributed by atoms with Gasteiger partial charge in [0.05, 0.1) is 18.3 Å². The van der Waals surface area contributed by atoms with Crippen molar-refractivity contribution in [1.82, 2.24) is 24.1 Å².